The van der Waals surface area contributed by atoms with Crippen molar-refractivity contribution in [1.82, 2.24) is 24.1 Å². The second-order valence-corrected chi connectivity index (χ2v) is 7.57. The predicted molar refractivity (Wildman–Crippen MR) is 87.5 cm³/mol. The largest absolute Gasteiger partial charge is 0.305 e. The number of aromatic nitrogens is 5. The zero-order chi connectivity index (χ0) is 15.1. The molecular formula is C14H12ClN5S2. The van der Waals surface area contributed by atoms with E-state index in [-0.39, 0.29) is 0 Å². The van der Waals surface area contributed by atoms with E-state index >= 15 is 0 Å². The molecule has 8 heteroatoms. The maximum atomic E-state index is 5.92. The van der Waals surface area contributed by atoms with Crippen LogP contribution in [0.1, 0.15) is 24.6 Å². The number of nitrogens with zero attached hydrogens (tertiary/aromatic N) is 5. The van der Waals surface area contributed by atoms with Crippen LogP contribution in [0.3, 0.4) is 0 Å². The molecule has 112 valence electrons. The van der Waals surface area contributed by atoms with Gasteiger partial charge < -0.3 is 4.57 Å². The highest BCUT2D eigenvalue weighted by atomic mass is 35.5. The van der Waals surface area contributed by atoms with Crippen molar-refractivity contribution in [3.63, 3.8) is 0 Å². The maximum absolute atomic E-state index is 5.92. The molecule has 0 aliphatic heterocycles. The lowest BCUT2D eigenvalue weighted by molar-refractivity contribution is 0.793. The number of hydrogen-bond acceptors (Lipinski definition) is 6. The van der Waals surface area contributed by atoms with Crippen LogP contribution in [0, 0.1) is 0 Å². The van der Waals surface area contributed by atoms with E-state index in [9.17, 15) is 0 Å². The third-order valence-electron chi connectivity index (χ3n) is 3.48. The Hall–Kier alpha value is -1.44. The third kappa shape index (κ3) is 2.76. The highest BCUT2D eigenvalue weighted by molar-refractivity contribution is 8.00. The third-order valence-corrected chi connectivity index (χ3v) is 5.54. The summed E-state index contributed by atoms with van der Waals surface area (Å²) >= 11 is 8.86. The molecule has 0 amide bonds. The molecule has 0 spiro atoms. The van der Waals surface area contributed by atoms with Gasteiger partial charge in [0, 0.05) is 23.6 Å². The summed E-state index contributed by atoms with van der Waals surface area (Å²) in [4.78, 5) is 4.57. The monoisotopic (exact) mass is 349 g/mol. The molecule has 1 aliphatic rings. The molecule has 3 aromatic rings. The summed E-state index contributed by atoms with van der Waals surface area (Å²) in [6, 6.07) is 7.59. The highest BCUT2D eigenvalue weighted by Gasteiger charge is 2.28. The molecule has 2 heterocycles. The Labute approximate surface area is 140 Å². The van der Waals surface area contributed by atoms with Crippen molar-refractivity contribution in [2.75, 3.05) is 0 Å². The molecular weight excluding hydrogens is 338 g/mol. The fraction of sp³-hybridized carbons (Fsp3) is 0.286. The molecule has 1 aliphatic carbocycles. The summed E-state index contributed by atoms with van der Waals surface area (Å²) < 4.78 is 7.30. The highest BCUT2D eigenvalue weighted by Crippen LogP contribution is 2.40. The van der Waals surface area contributed by atoms with Crippen LogP contribution in [-0.4, -0.2) is 24.1 Å². The molecule has 5 nitrogen and oxygen atoms in total. The van der Waals surface area contributed by atoms with E-state index in [2.05, 4.69) is 19.6 Å². The zero-order valence-corrected chi connectivity index (χ0v) is 14.1. The van der Waals surface area contributed by atoms with Gasteiger partial charge in [-0.05, 0) is 60.4 Å². The first-order valence-electron chi connectivity index (χ1n) is 6.87. The Balaban J connectivity index is 1.58. The molecule has 1 saturated carbocycles. The SMILES string of the molecule is Cn1c(Sc2nc(C3CC3)ns2)nnc1-c1ccc(Cl)cc1. The normalized spacial score (nSPS) is 14.5. The van der Waals surface area contributed by atoms with Crippen LogP contribution in [0.2, 0.25) is 5.02 Å². The van der Waals surface area contributed by atoms with Crippen LogP contribution in [0.5, 0.6) is 0 Å². The van der Waals surface area contributed by atoms with Gasteiger partial charge in [-0.1, -0.05) is 11.6 Å². The van der Waals surface area contributed by atoms with Crippen molar-refractivity contribution in [3.05, 3.63) is 35.1 Å². The summed E-state index contributed by atoms with van der Waals surface area (Å²) in [5.74, 6) is 2.37. The summed E-state index contributed by atoms with van der Waals surface area (Å²) in [7, 11) is 1.95. The van der Waals surface area contributed by atoms with E-state index in [0.29, 0.717) is 10.9 Å². The van der Waals surface area contributed by atoms with Crippen LogP contribution in [0.15, 0.2) is 33.8 Å². The number of benzene rings is 1. The molecule has 0 unspecified atom stereocenters. The van der Waals surface area contributed by atoms with Gasteiger partial charge >= 0.3 is 0 Å². The first kappa shape index (κ1) is 14.2. The second-order valence-electron chi connectivity index (χ2n) is 5.17. The van der Waals surface area contributed by atoms with Crippen LogP contribution in [-0.2, 0) is 7.05 Å². The quantitative estimate of drug-likeness (QED) is 0.712. The van der Waals surface area contributed by atoms with E-state index in [4.69, 9.17) is 11.6 Å². The molecule has 0 atom stereocenters. The fourth-order valence-electron chi connectivity index (χ4n) is 2.10. The van der Waals surface area contributed by atoms with Gasteiger partial charge in [-0.15, -0.1) is 10.2 Å². The summed E-state index contributed by atoms with van der Waals surface area (Å²) in [6.07, 6.45) is 2.43. The predicted octanol–water partition coefficient (Wildman–Crippen LogP) is 4.02. The van der Waals surface area contributed by atoms with Gasteiger partial charge in [0.25, 0.3) is 0 Å². The van der Waals surface area contributed by atoms with Crippen LogP contribution in [0.4, 0.5) is 0 Å². The Morgan fingerprint density at radius 3 is 2.73 bits per heavy atom. The summed E-state index contributed by atoms with van der Waals surface area (Å²) in [5, 5.41) is 10.1. The van der Waals surface area contributed by atoms with Gasteiger partial charge in [-0.2, -0.15) is 4.37 Å². The van der Waals surface area contributed by atoms with E-state index in [0.717, 1.165) is 26.7 Å². The molecule has 0 N–H and O–H groups in total. The molecule has 1 fully saturated rings. The van der Waals surface area contributed by atoms with Gasteiger partial charge in [0.15, 0.2) is 15.3 Å². The Morgan fingerprint density at radius 2 is 2.00 bits per heavy atom. The van der Waals surface area contributed by atoms with Crippen molar-refractivity contribution >= 4 is 34.9 Å². The first-order chi connectivity index (χ1) is 10.7. The standard InChI is InChI=1S/C14H12ClN5S2/c1-20-12(9-4-6-10(15)7-5-9)17-18-13(20)21-14-16-11(19-22-14)8-2-3-8/h4-8H,2-3H2,1H3. The lowest BCUT2D eigenvalue weighted by Gasteiger charge is -2.02. The average molecular weight is 350 g/mol. The lowest BCUT2D eigenvalue weighted by Crippen LogP contribution is -1.94. The minimum absolute atomic E-state index is 0.578. The first-order valence-corrected chi connectivity index (χ1v) is 8.84. The Bertz CT molecular complexity index is 807. The van der Waals surface area contributed by atoms with E-state index in [1.807, 2.05) is 35.9 Å². The van der Waals surface area contributed by atoms with Gasteiger partial charge in [0.05, 0.1) is 0 Å². The molecule has 22 heavy (non-hydrogen) atoms. The molecule has 1 aromatic carbocycles. The van der Waals surface area contributed by atoms with Crippen molar-refractivity contribution in [3.8, 4) is 11.4 Å². The number of hydrogen-bond donors (Lipinski definition) is 0. The topological polar surface area (TPSA) is 56.5 Å². The minimum Gasteiger partial charge on any atom is -0.305 e. The van der Waals surface area contributed by atoms with Gasteiger partial charge in [-0.25, -0.2) is 4.98 Å². The molecule has 0 bridgehead atoms. The van der Waals surface area contributed by atoms with Crippen molar-refractivity contribution in [2.45, 2.75) is 28.3 Å². The van der Waals surface area contributed by atoms with E-state index in [1.54, 1.807) is 0 Å². The lowest BCUT2D eigenvalue weighted by atomic mass is 10.2. The fourth-order valence-corrected chi connectivity index (χ4v) is 3.81. The summed E-state index contributed by atoms with van der Waals surface area (Å²) in [5.41, 5.74) is 0.988. The van der Waals surface area contributed by atoms with Crippen LogP contribution >= 0.6 is 34.9 Å². The second kappa shape index (κ2) is 5.64. The maximum Gasteiger partial charge on any atom is 0.198 e. The summed E-state index contributed by atoms with van der Waals surface area (Å²) in [6.45, 7) is 0. The minimum atomic E-state index is 0.578. The number of rotatable bonds is 4. The van der Waals surface area contributed by atoms with Crippen LogP contribution in [0.25, 0.3) is 11.4 Å². The molecule has 2 aromatic heterocycles. The number of halogens is 1. The van der Waals surface area contributed by atoms with E-state index < -0.39 is 0 Å². The molecule has 4 rings (SSSR count). The van der Waals surface area contributed by atoms with E-state index in [1.165, 1.54) is 36.1 Å². The smallest absolute Gasteiger partial charge is 0.198 e. The van der Waals surface area contributed by atoms with Crippen molar-refractivity contribution in [2.24, 2.45) is 7.05 Å². The zero-order valence-electron chi connectivity index (χ0n) is 11.7. The Morgan fingerprint density at radius 1 is 1.23 bits per heavy atom. The molecule has 0 saturated heterocycles. The average Bonchev–Trinajstić information content (AvgIpc) is 3.17. The Kier molecular flexibility index (Phi) is 3.63. The van der Waals surface area contributed by atoms with Crippen molar-refractivity contribution < 1.29 is 0 Å². The van der Waals surface area contributed by atoms with Crippen molar-refractivity contribution in [1.29, 1.82) is 0 Å². The van der Waals surface area contributed by atoms with Crippen LogP contribution < -0.4 is 0 Å². The van der Waals surface area contributed by atoms with Gasteiger partial charge in [0.1, 0.15) is 5.82 Å². The molecule has 0 radical (unpaired) electrons. The van der Waals surface area contributed by atoms with Gasteiger partial charge in [-0.3, -0.25) is 0 Å². The van der Waals surface area contributed by atoms with Gasteiger partial charge in [0.2, 0.25) is 0 Å².